The van der Waals surface area contributed by atoms with Crippen LogP contribution in [0.5, 0.6) is 11.5 Å². The van der Waals surface area contributed by atoms with E-state index in [0.717, 1.165) is 16.8 Å². The van der Waals surface area contributed by atoms with Crippen LogP contribution in [-0.2, 0) is 11.2 Å². The Balaban J connectivity index is 1.40. The average molecular weight is 448 g/mol. The molecule has 2 amide bonds. The third kappa shape index (κ3) is 5.20. The maximum Gasteiger partial charge on any atom is 0.294 e. The highest BCUT2D eigenvalue weighted by Gasteiger charge is 2.22. The first kappa shape index (κ1) is 22.1. The van der Waals surface area contributed by atoms with Gasteiger partial charge in [-0.3, -0.25) is 9.59 Å². The largest absolute Gasteiger partial charge is 0.493 e. The minimum absolute atomic E-state index is 0.00447. The molecule has 2 aromatic carbocycles. The van der Waals surface area contributed by atoms with Crippen LogP contribution in [-0.4, -0.2) is 48.5 Å². The zero-order valence-electron chi connectivity index (χ0n) is 18.4. The van der Waals surface area contributed by atoms with Crippen molar-refractivity contribution in [1.29, 1.82) is 0 Å². The Bertz CT molecular complexity index is 1160. The maximum absolute atomic E-state index is 12.4. The number of hydrazone groups is 1. The van der Waals surface area contributed by atoms with Crippen LogP contribution < -0.4 is 14.8 Å². The number of anilines is 1. The third-order valence-corrected chi connectivity index (χ3v) is 5.31. The van der Waals surface area contributed by atoms with E-state index in [-0.39, 0.29) is 17.6 Å². The number of benzene rings is 2. The summed E-state index contributed by atoms with van der Waals surface area (Å²) < 4.78 is 15.5. The predicted molar refractivity (Wildman–Crippen MR) is 122 cm³/mol. The number of methoxy groups -OCH3 is 2. The summed E-state index contributed by atoms with van der Waals surface area (Å²) in [4.78, 5) is 24.5. The van der Waals surface area contributed by atoms with E-state index in [9.17, 15) is 9.59 Å². The lowest BCUT2D eigenvalue weighted by atomic mass is 10.0. The van der Waals surface area contributed by atoms with Gasteiger partial charge in [-0.2, -0.15) is 5.10 Å². The van der Waals surface area contributed by atoms with E-state index in [1.807, 2.05) is 30.3 Å². The molecule has 0 unspecified atom stereocenters. The molecule has 2 heterocycles. The van der Waals surface area contributed by atoms with Gasteiger partial charge < -0.3 is 19.3 Å². The van der Waals surface area contributed by atoms with E-state index in [0.29, 0.717) is 43.0 Å². The topological polar surface area (TPSA) is 106 Å². The summed E-state index contributed by atoms with van der Waals surface area (Å²) in [6, 6.07) is 14.5. The minimum Gasteiger partial charge on any atom is -0.493 e. The van der Waals surface area contributed by atoms with Crippen molar-refractivity contribution in [2.45, 2.75) is 19.3 Å². The van der Waals surface area contributed by atoms with Crippen molar-refractivity contribution in [1.82, 2.24) is 10.2 Å². The molecular weight excluding hydrogens is 424 g/mol. The van der Waals surface area contributed by atoms with Crippen LogP contribution in [0.4, 0.5) is 5.69 Å². The smallest absolute Gasteiger partial charge is 0.294 e. The fourth-order valence-electron chi connectivity index (χ4n) is 3.51. The first-order valence-corrected chi connectivity index (χ1v) is 10.5. The third-order valence-electron chi connectivity index (χ3n) is 5.31. The molecule has 9 heteroatoms. The molecular formula is C24H24N4O5. The number of rotatable bonds is 8. The summed E-state index contributed by atoms with van der Waals surface area (Å²) in [5, 5.41) is 12.4. The number of nitrogens with zero attached hydrogens (tertiary/aromatic N) is 3. The molecule has 3 aromatic rings. The summed E-state index contributed by atoms with van der Waals surface area (Å²) in [6.07, 6.45) is 3.02. The zero-order valence-corrected chi connectivity index (χ0v) is 18.4. The molecule has 1 aromatic heterocycles. The Hall–Kier alpha value is -4.14. The fourth-order valence-corrected chi connectivity index (χ4v) is 3.51. The van der Waals surface area contributed by atoms with Crippen LogP contribution >= 0.6 is 0 Å². The molecule has 0 saturated heterocycles. The Kier molecular flexibility index (Phi) is 6.68. The Morgan fingerprint density at radius 1 is 1.06 bits per heavy atom. The van der Waals surface area contributed by atoms with Crippen LogP contribution in [0.25, 0.3) is 0 Å². The summed E-state index contributed by atoms with van der Waals surface area (Å²) in [7, 11) is 3.18. The maximum atomic E-state index is 12.4. The molecule has 170 valence electrons. The number of nitrogens with one attached hydrogen (secondary N) is 1. The van der Waals surface area contributed by atoms with Gasteiger partial charge in [0, 0.05) is 36.7 Å². The standard InChI is InChI=1S/C24H24N4O5/c1-31-20-9-5-17(15-22(20)32-2)19-8-10-23(29)28(27-19)14-12-16-3-6-18(7-4-16)26-24(30)21-11-13-25-33-21/h3-7,9,11,13,15H,8,10,12,14H2,1-2H3,(H,26,30). The molecule has 9 nitrogen and oxygen atoms in total. The van der Waals surface area contributed by atoms with E-state index in [2.05, 4.69) is 15.6 Å². The number of hydrogen-bond donors (Lipinski definition) is 1. The number of aromatic nitrogens is 1. The van der Waals surface area contributed by atoms with Gasteiger partial charge in [0.15, 0.2) is 11.5 Å². The van der Waals surface area contributed by atoms with Gasteiger partial charge in [0.05, 0.1) is 26.1 Å². The first-order valence-electron chi connectivity index (χ1n) is 10.5. The minimum atomic E-state index is -0.365. The predicted octanol–water partition coefficient (Wildman–Crippen LogP) is 3.51. The number of ether oxygens (including phenoxy) is 2. The van der Waals surface area contributed by atoms with Crippen molar-refractivity contribution in [3.8, 4) is 11.5 Å². The van der Waals surface area contributed by atoms with Crippen LogP contribution in [0.1, 0.15) is 34.5 Å². The number of amides is 2. The second kappa shape index (κ2) is 9.99. The highest BCUT2D eigenvalue weighted by molar-refractivity contribution is 6.04. The molecule has 0 saturated carbocycles. The number of hydrogen-bond acceptors (Lipinski definition) is 7. The van der Waals surface area contributed by atoms with E-state index in [1.165, 1.54) is 17.3 Å². The van der Waals surface area contributed by atoms with Gasteiger partial charge in [-0.15, -0.1) is 0 Å². The molecule has 33 heavy (non-hydrogen) atoms. The van der Waals surface area contributed by atoms with E-state index in [4.69, 9.17) is 14.0 Å². The Morgan fingerprint density at radius 2 is 1.85 bits per heavy atom. The fraction of sp³-hybridized carbons (Fsp3) is 0.250. The van der Waals surface area contributed by atoms with Gasteiger partial charge in [0.1, 0.15) is 0 Å². The van der Waals surface area contributed by atoms with Crippen LogP contribution in [0.2, 0.25) is 0 Å². The van der Waals surface area contributed by atoms with E-state index < -0.39 is 0 Å². The Morgan fingerprint density at radius 3 is 2.55 bits per heavy atom. The molecule has 0 fully saturated rings. The molecule has 0 atom stereocenters. The lowest BCUT2D eigenvalue weighted by Gasteiger charge is -2.24. The van der Waals surface area contributed by atoms with Crippen molar-refractivity contribution >= 4 is 23.2 Å². The summed E-state index contributed by atoms with van der Waals surface area (Å²) in [5.41, 5.74) is 3.40. The summed E-state index contributed by atoms with van der Waals surface area (Å²) in [6.45, 7) is 0.458. The normalized spacial score (nSPS) is 13.5. The molecule has 4 rings (SSSR count). The Labute approximate surface area is 191 Å². The van der Waals surface area contributed by atoms with E-state index in [1.54, 1.807) is 26.4 Å². The van der Waals surface area contributed by atoms with Crippen molar-refractivity contribution in [2.24, 2.45) is 5.10 Å². The zero-order chi connectivity index (χ0) is 23.2. The van der Waals surface area contributed by atoms with Gasteiger partial charge in [-0.25, -0.2) is 5.01 Å². The molecule has 0 radical (unpaired) electrons. The van der Waals surface area contributed by atoms with Crippen molar-refractivity contribution < 1.29 is 23.6 Å². The average Bonchev–Trinajstić information content (AvgIpc) is 3.39. The quantitative estimate of drug-likeness (QED) is 0.565. The highest BCUT2D eigenvalue weighted by Crippen LogP contribution is 2.29. The van der Waals surface area contributed by atoms with Gasteiger partial charge in [-0.05, 0) is 42.3 Å². The van der Waals surface area contributed by atoms with Gasteiger partial charge in [-0.1, -0.05) is 17.3 Å². The van der Waals surface area contributed by atoms with Gasteiger partial charge in [0.2, 0.25) is 11.7 Å². The van der Waals surface area contributed by atoms with Crippen LogP contribution in [0.3, 0.4) is 0 Å². The SMILES string of the molecule is COc1ccc(C2=NN(CCc3ccc(NC(=O)c4ccno4)cc3)C(=O)CC2)cc1OC. The van der Waals surface area contributed by atoms with Crippen LogP contribution in [0.15, 0.2) is 64.4 Å². The molecule has 1 N–H and O–H groups in total. The van der Waals surface area contributed by atoms with E-state index >= 15 is 0 Å². The molecule has 0 bridgehead atoms. The van der Waals surface area contributed by atoms with Crippen molar-refractivity contribution in [3.63, 3.8) is 0 Å². The lowest BCUT2D eigenvalue weighted by molar-refractivity contribution is -0.131. The second-order valence-electron chi connectivity index (χ2n) is 7.41. The molecule has 0 spiro atoms. The summed E-state index contributed by atoms with van der Waals surface area (Å²) in [5.74, 6) is 1.04. The number of carbonyl (C=O) groups is 2. The molecule has 1 aliphatic heterocycles. The van der Waals surface area contributed by atoms with Crippen molar-refractivity contribution in [2.75, 3.05) is 26.1 Å². The molecule has 0 aliphatic carbocycles. The van der Waals surface area contributed by atoms with Gasteiger partial charge >= 0.3 is 0 Å². The molecule has 1 aliphatic rings. The lowest BCUT2D eigenvalue weighted by Crippen LogP contribution is -2.33. The number of carbonyl (C=O) groups excluding carboxylic acids is 2. The highest BCUT2D eigenvalue weighted by atomic mass is 16.5. The second-order valence-corrected chi connectivity index (χ2v) is 7.41. The van der Waals surface area contributed by atoms with Crippen molar-refractivity contribution in [3.05, 3.63) is 71.6 Å². The monoisotopic (exact) mass is 448 g/mol. The summed E-state index contributed by atoms with van der Waals surface area (Å²) >= 11 is 0. The first-order chi connectivity index (χ1) is 16.1. The van der Waals surface area contributed by atoms with Gasteiger partial charge in [0.25, 0.3) is 5.91 Å². The van der Waals surface area contributed by atoms with Crippen LogP contribution in [0, 0.1) is 0 Å².